The molecule has 0 aliphatic heterocycles. The number of rotatable bonds is 0. The molecule has 7 heavy (non-hydrogen) atoms. The molecule has 0 saturated carbocycles. The third-order valence-corrected chi connectivity index (χ3v) is 1.68. The molecule has 0 saturated heterocycles. The van der Waals surface area contributed by atoms with Gasteiger partial charge in [0, 0.05) is 0 Å². The van der Waals surface area contributed by atoms with Gasteiger partial charge in [-0.25, -0.2) is 0 Å². The van der Waals surface area contributed by atoms with Gasteiger partial charge in [0.2, 0.25) is 0 Å². The average molecular weight is 193 g/mol. The van der Waals surface area contributed by atoms with Crippen LogP contribution in [-0.4, -0.2) is 0 Å². The van der Waals surface area contributed by atoms with Crippen LogP contribution in [0, 0.1) is 0 Å². The van der Waals surface area contributed by atoms with Gasteiger partial charge < -0.3 is 13.8 Å². The van der Waals surface area contributed by atoms with E-state index in [0.29, 0.717) is 0 Å². The third kappa shape index (κ3) is 2.46. The standard InChI is InChI=1S/C5H5.ClH.Zr.H/c1-2-4-5-3-1;;;/h1-3H,4H2;1H;;/q;;+2;-1/p-1. The van der Waals surface area contributed by atoms with Crippen LogP contribution >= 0.6 is 0 Å². The minimum atomic E-state index is 0. The molecule has 0 heterocycles. The summed E-state index contributed by atoms with van der Waals surface area (Å²) < 4.78 is 1.56. The average Bonchev–Trinajstić information content (AvgIpc) is 1.86. The van der Waals surface area contributed by atoms with E-state index < -0.39 is 0 Å². The van der Waals surface area contributed by atoms with Crippen molar-refractivity contribution in [2.45, 2.75) is 6.42 Å². The summed E-state index contributed by atoms with van der Waals surface area (Å²) in [5.74, 6) is 0. The molecule has 0 N–H and O–H groups in total. The van der Waals surface area contributed by atoms with Gasteiger partial charge in [0.05, 0.1) is 0 Å². The Bertz CT molecular complexity index is 109. The Kier molecular flexibility index (Phi) is 3.97. The summed E-state index contributed by atoms with van der Waals surface area (Å²) in [6.07, 6.45) is 7.69. The molecule has 1 rings (SSSR count). The van der Waals surface area contributed by atoms with Gasteiger partial charge in [-0.3, -0.25) is 0 Å². The molecule has 0 unspecified atom stereocenters. The maximum atomic E-state index is 2.18. The number of halogens is 1. The molecule has 0 aromatic rings. The van der Waals surface area contributed by atoms with E-state index in [9.17, 15) is 0 Å². The SMILES string of the molecule is [Cl-].[H-].[Zr+2][C]1=CC=CC1. The molecule has 2 heteroatoms. The van der Waals surface area contributed by atoms with E-state index in [0.717, 1.165) is 0 Å². The molecule has 0 aromatic carbocycles. The third-order valence-electron chi connectivity index (χ3n) is 0.771. The van der Waals surface area contributed by atoms with Crippen LogP contribution in [0.2, 0.25) is 0 Å². The first-order valence-electron chi connectivity index (χ1n) is 1.97. The van der Waals surface area contributed by atoms with Crippen LogP contribution in [0.15, 0.2) is 21.5 Å². The van der Waals surface area contributed by atoms with Gasteiger partial charge >= 0.3 is 52.6 Å². The number of allylic oxidation sites excluding steroid dienone is 4. The fraction of sp³-hybridized carbons (Fsp3) is 0.200. The van der Waals surface area contributed by atoms with Crippen LogP contribution in [0.4, 0.5) is 0 Å². The van der Waals surface area contributed by atoms with Crippen molar-refractivity contribution >= 4 is 0 Å². The molecular formula is C5H6ClZr. The molecule has 0 radical (unpaired) electrons. The van der Waals surface area contributed by atoms with E-state index in [-0.39, 0.29) is 13.8 Å². The molecule has 37 valence electrons. The second kappa shape index (κ2) is 3.63. The zero-order valence-corrected chi connectivity index (χ0v) is 7.03. The van der Waals surface area contributed by atoms with Crippen molar-refractivity contribution in [3.8, 4) is 0 Å². The number of hydrogen-bond donors (Lipinski definition) is 0. The van der Waals surface area contributed by atoms with Gasteiger partial charge in [0.25, 0.3) is 0 Å². The first kappa shape index (κ1) is 7.65. The summed E-state index contributed by atoms with van der Waals surface area (Å²) in [4.78, 5) is 0. The van der Waals surface area contributed by atoms with E-state index in [1.165, 1.54) is 6.42 Å². The maximum absolute atomic E-state index is 2.18. The van der Waals surface area contributed by atoms with Crippen molar-refractivity contribution in [1.82, 2.24) is 0 Å². The van der Waals surface area contributed by atoms with E-state index in [2.05, 4.69) is 18.2 Å². The molecule has 0 nitrogen and oxygen atoms in total. The topological polar surface area (TPSA) is 0 Å². The van der Waals surface area contributed by atoms with Crippen LogP contribution in [0.5, 0.6) is 0 Å². The Balaban J connectivity index is 0. The second-order valence-corrected chi connectivity index (χ2v) is 2.90. The van der Waals surface area contributed by atoms with Gasteiger partial charge in [-0.05, 0) is 0 Å². The molecule has 0 atom stereocenters. The van der Waals surface area contributed by atoms with Crippen molar-refractivity contribution in [3.63, 3.8) is 0 Å². The zero-order valence-electron chi connectivity index (χ0n) is 4.82. The van der Waals surface area contributed by atoms with E-state index >= 15 is 0 Å². The molecule has 0 amide bonds. The molecule has 1 aliphatic carbocycles. The Morgan fingerprint density at radius 3 is 2.57 bits per heavy atom. The van der Waals surface area contributed by atoms with Crippen LogP contribution in [-0.2, 0) is 24.7 Å². The van der Waals surface area contributed by atoms with Crippen molar-refractivity contribution < 1.29 is 38.6 Å². The molecular weight excluding hydrogens is 187 g/mol. The fourth-order valence-corrected chi connectivity index (χ4v) is 0.973. The molecule has 0 spiro atoms. The van der Waals surface area contributed by atoms with Gasteiger partial charge in [-0.1, -0.05) is 0 Å². The van der Waals surface area contributed by atoms with Crippen molar-refractivity contribution in [1.29, 1.82) is 0 Å². The second-order valence-electron chi connectivity index (χ2n) is 1.32. The zero-order chi connectivity index (χ0) is 4.41. The summed E-state index contributed by atoms with van der Waals surface area (Å²) in [6.45, 7) is 0. The van der Waals surface area contributed by atoms with Gasteiger partial charge in [0.15, 0.2) is 0 Å². The van der Waals surface area contributed by atoms with Gasteiger partial charge in [-0.15, -0.1) is 0 Å². The predicted molar refractivity (Wildman–Crippen MR) is 23.0 cm³/mol. The molecule has 0 aromatic heterocycles. The van der Waals surface area contributed by atoms with Crippen molar-refractivity contribution in [2.75, 3.05) is 0 Å². The Labute approximate surface area is 66.4 Å². The Morgan fingerprint density at radius 1 is 1.71 bits per heavy atom. The monoisotopic (exact) mass is 191 g/mol. The summed E-state index contributed by atoms with van der Waals surface area (Å²) >= 11 is 1.56. The van der Waals surface area contributed by atoms with E-state index in [1.807, 2.05) is 0 Å². The quantitative estimate of drug-likeness (QED) is 0.438. The predicted octanol–water partition coefficient (Wildman–Crippen LogP) is -1.51. The summed E-state index contributed by atoms with van der Waals surface area (Å²) in [5.41, 5.74) is 0. The van der Waals surface area contributed by atoms with Crippen LogP contribution in [0.1, 0.15) is 7.85 Å². The Morgan fingerprint density at radius 2 is 2.43 bits per heavy atom. The number of hydrogen-bond acceptors (Lipinski definition) is 0. The first-order chi connectivity index (χ1) is 2.89. The van der Waals surface area contributed by atoms with E-state index in [1.54, 1.807) is 28.0 Å². The first-order valence-corrected chi connectivity index (χ1v) is 3.20. The minimum absolute atomic E-state index is 0. The van der Waals surface area contributed by atoms with Crippen molar-refractivity contribution in [2.24, 2.45) is 0 Å². The molecule has 1 aliphatic rings. The van der Waals surface area contributed by atoms with Crippen LogP contribution in [0.25, 0.3) is 0 Å². The summed E-state index contributed by atoms with van der Waals surface area (Å²) in [5, 5.41) is 0. The molecule has 0 bridgehead atoms. The van der Waals surface area contributed by atoms with Gasteiger partial charge in [0.1, 0.15) is 0 Å². The fourth-order valence-electron chi connectivity index (χ4n) is 0.447. The normalized spacial score (nSPS) is 16.0. The van der Waals surface area contributed by atoms with Crippen LogP contribution < -0.4 is 12.4 Å². The molecule has 0 fully saturated rings. The van der Waals surface area contributed by atoms with Gasteiger partial charge in [-0.2, -0.15) is 0 Å². The van der Waals surface area contributed by atoms with Crippen molar-refractivity contribution in [3.05, 3.63) is 21.5 Å². The summed E-state index contributed by atoms with van der Waals surface area (Å²) in [6, 6.07) is 0. The van der Waals surface area contributed by atoms with Crippen LogP contribution in [0.3, 0.4) is 0 Å². The summed E-state index contributed by atoms with van der Waals surface area (Å²) in [7, 11) is 0. The Hall–Kier alpha value is 0.653. The van der Waals surface area contributed by atoms with E-state index in [4.69, 9.17) is 0 Å².